The van der Waals surface area contributed by atoms with E-state index in [-0.39, 0.29) is 19.1 Å². The van der Waals surface area contributed by atoms with E-state index in [1.54, 1.807) is 24.4 Å². The van der Waals surface area contributed by atoms with Gasteiger partial charge in [0.15, 0.2) is 0 Å². The first kappa shape index (κ1) is 13.8. The molecular weight excluding hydrogens is 218 g/mol. The van der Waals surface area contributed by atoms with Gasteiger partial charge in [0.05, 0.1) is 6.61 Å². The van der Waals surface area contributed by atoms with E-state index in [0.29, 0.717) is 5.69 Å². The Morgan fingerprint density at radius 1 is 1.56 bits per heavy atom. The van der Waals surface area contributed by atoms with E-state index in [2.05, 4.69) is 10.3 Å². The highest BCUT2D eigenvalue weighted by Crippen LogP contribution is 1.91. The maximum atomic E-state index is 11.1. The standard InChI is InChI=1S/C8H10N2O2.HNO3/c11-6-5-10-8(12)7-3-1-2-4-9-7;2-1(3)4/h1-4,11H,5-6H2,(H,10,12);(H,2,3,4). The van der Waals surface area contributed by atoms with Gasteiger partial charge in [-0.25, -0.2) is 0 Å². The second-order valence-corrected chi connectivity index (χ2v) is 2.43. The molecule has 1 heterocycles. The van der Waals surface area contributed by atoms with E-state index in [0.717, 1.165) is 0 Å². The quantitative estimate of drug-likeness (QED) is 0.472. The highest BCUT2D eigenvalue weighted by molar-refractivity contribution is 5.92. The van der Waals surface area contributed by atoms with Crippen LogP contribution in [-0.2, 0) is 0 Å². The van der Waals surface area contributed by atoms with Gasteiger partial charge in [-0.3, -0.25) is 9.78 Å². The van der Waals surface area contributed by atoms with Crippen molar-refractivity contribution in [3.05, 3.63) is 40.2 Å². The average molecular weight is 229 g/mol. The number of amides is 1. The molecule has 0 fully saturated rings. The molecule has 0 aliphatic heterocycles. The van der Waals surface area contributed by atoms with Crippen LogP contribution in [0.15, 0.2) is 24.4 Å². The molecule has 8 nitrogen and oxygen atoms in total. The maximum absolute atomic E-state index is 11.1. The topological polar surface area (TPSA) is 126 Å². The van der Waals surface area contributed by atoms with Crippen LogP contribution in [0.25, 0.3) is 0 Å². The molecule has 16 heavy (non-hydrogen) atoms. The summed E-state index contributed by atoms with van der Waals surface area (Å²) in [5.41, 5.74) is 0.367. The smallest absolute Gasteiger partial charge is 0.291 e. The second-order valence-electron chi connectivity index (χ2n) is 2.43. The van der Waals surface area contributed by atoms with Crippen LogP contribution in [0.1, 0.15) is 10.5 Å². The number of aliphatic hydroxyl groups excluding tert-OH is 1. The summed E-state index contributed by atoms with van der Waals surface area (Å²) in [4.78, 5) is 23.3. The van der Waals surface area contributed by atoms with Gasteiger partial charge < -0.3 is 15.6 Å². The summed E-state index contributed by atoms with van der Waals surface area (Å²) < 4.78 is 0. The van der Waals surface area contributed by atoms with Gasteiger partial charge in [0, 0.05) is 12.7 Å². The van der Waals surface area contributed by atoms with Gasteiger partial charge in [0.1, 0.15) is 5.69 Å². The minimum Gasteiger partial charge on any atom is -0.395 e. The van der Waals surface area contributed by atoms with Crippen LogP contribution in [0, 0.1) is 10.1 Å². The van der Waals surface area contributed by atoms with E-state index in [1.807, 2.05) is 0 Å². The van der Waals surface area contributed by atoms with Crippen molar-refractivity contribution in [2.45, 2.75) is 0 Å². The Kier molecular flexibility index (Phi) is 6.99. The largest absolute Gasteiger partial charge is 0.395 e. The predicted octanol–water partition coefficient (Wildman–Crippen LogP) is -0.544. The fourth-order valence-electron chi connectivity index (χ4n) is 0.757. The molecule has 0 saturated heterocycles. The van der Waals surface area contributed by atoms with Gasteiger partial charge in [-0.15, -0.1) is 10.1 Å². The fraction of sp³-hybridized carbons (Fsp3) is 0.250. The number of carbonyl (C=O) groups is 1. The van der Waals surface area contributed by atoms with Crippen LogP contribution in [0.2, 0.25) is 0 Å². The van der Waals surface area contributed by atoms with Crippen molar-refractivity contribution in [3.63, 3.8) is 0 Å². The van der Waals surface area contributed by atoms with Gasteiger partial charge in [0.25, 0.3) is 11.0 Å². The van der Waals surface area contributed by atoms with Crippen LogP contribution >= 0.6 is 0 Å². The van der Waals surface area contributed by atoms with E-state index in [4.69, 9.17) is 20.4 Å². The van der Waals surface area contributed by atoms with Crippen molar-refractivity contribution in [2.24, 2.45) is 0 Å². The van der Waals surface area contributed by atoms with Crippen LogP contribution in [0.3, 0.4) is 0 Å². The molecule has 0 bridgehead atoms. The SMILES string of the molecule is O=C(NCCO)c1ccccn1.O=[N+]([O-])O. The molecule has 0 spiro atoms. The predicted molar refractivity (Wildman–Crippen MR) is 52.4 cm³/mol. The molecule has 0 aliphatic carbocycles. The summed E-state index contributed by atoms with van der Waals surface area (Å²) in [5.74, 6) is -0.260. The number of hydrogen-bond acceptors (Lipinski definition) is 5. The van der Waals surface area contributed by atoms with E-state index in [9.17, 15) is 4.79 Å². The van der Waals surface area contributed by atoms with Gasteiger partial charge in [-0.1, -0.05) is 6.07 Å². The number of carbonyl (C=O) groups excluding carboxylic acids is 1. The average Bonchev–Trinajstić information content (AvgIpc) is 2.26. The number of aliphatic hydroxyl groups is 1. The molecule has 0 aromatic carbocycles. The van der Waals surface area contributed by atoms with Crippen molar-refractivity contribution < 1.29 is 20.2 Å². The Morgan fingerprint density at radius 3 is 2.62 bits per heavy atom. The summed E-state index contributed by atoms with van der Waals surface area (Å²) in [6, 6.07) is 5.09. The third-order valence-electron chi connectivity index (χ3n) is 1.29. The number of nitrogens with zero attached hydrogens (tertiary/aromatic N) is 2. The number of aromatic nitrogens is 1. The molecule has 0 atom stereocenters. The van der Waals surface area contributed by atoms with Crippen molar-refractivity contribution in [1.29, 1.82) is 0 Å². The van der Waals surface area contributed by atoms with Crippen molar-refractivity contribution in [2.75, 3.05) is 13.2 Å². The number of rotatable bonds is 3. The third kappa shape index (κ3) is 7.21. The first-order valence-electron chi connectivity index (χ1n) is 4.21. The van der Waals surface area contributed by atoms with Crippen molar-refractivity contribution in [3.8, 4) is 0 Å². The zero-order chi connectivity index (χ0) is 12.4. The summed E-state index contributed by atoms with van der Waals surface area (Å²) in [6.07, 6.45) is 1.55. The Labute approximate surface area is 90.7 Å². The summed E-state index contributed by atoms with van der Waals surface area (Å²) in [5, 5.41) is 24.6. The zero-order valence-corrected chi connectivity index (χ0v) is 8.24. The second kappa shape index (κ2) is 8.12. The molecule has 0 saturated carbocycles. The summed E-state index contributed by atoms with van der Waals surface area (Å²) in [7, 11) is 0. The van der Waals surface area contributed by atoms with Gasteiger partial charge >= 0.3 is 0 Å². The van der Waals surface area contributed by atoms with Crippen LogP contribution in [0.5, 0.6) is 0 Å². The molecular formula is C8H11N3O5. The van der Waals surface area contributed by atoms with Gasteiger partial charge in [-0.2, -0.15) is 0 Å². The highest BCUT2D eigenvalue weighted by atomic mass is 16.9. The lowest BCUT2D eigenvalue weighted by molar-refractivity contribution is -0.742. The van der Waals surface area contributed by atoms with Gasteiger partial charge in [0.2, 0.25) is 0 Å². The van der Waals surface area contributed by atoms with Crippen LogP contribution in [-0.4, -0.2) is 39.4 Å². The van der Waals surface area contributed by atoms with Gasteiger partial charge in [-0.05, 0) is 12.1 Å². The lowest BCUT2D eigenvalue weighted by Gasteiger charge is -2.00. The molecule has 1 aromatic rings. The van der Waals surface area contributed by atoms with Crippen LogP contribution < -0.4 is 5.32 Å². The molecule has 0 radical (unpaired) electrons. The molecule has 1 aromatic heterocycles. The molecule has 0 unspecified atom stereocenters. The van der Waals surface area contributed by atoms with E-state index < -0.39 is 5.09 Å². The number of pyridine rings is 1. The third-order valence-corrected chi connectivity index (χ3v) is 1.29. The van der Waals surface area contributed by atoms with E-state index >= 15 is 0 Å². The lowest BCUT2D eigenvalue weighted by atomic mass is 10.3. The Balaban J connectivity index is 0.000000487. The first-order valence-corrected chi connectivity index (χ1v) is 4.21. The number of hydrogen-bond donors (Lipinski definition) is 3. The monoisotopic (exact) mass is 229 g/mol. The highest BCUT2D eigenvalue weighted by Gasteiger charge is 2.03. The fourth-order valence-corrected chi connectivity index (χ4v) is 0.757. The first-order chi connectivity index (χ1) is 7.57. The Hall–Kier alpha value is -2.22. The zero-order valence-electron chi connectivity index (χ0n) is 8.24. The van der Waals surface area contributed by atoms with E-state index in [1.165, 1.54) is 0 Å². The minimum atomic E-state index is -1.50. The molecule has 1 amide bonds. The molecule has 88 valence electrons. The summed E-state index contributed by atoms with van der Waals surface area (Å²) in [6.45, 7) is 0.202. The number of nitrogens with one attached hydrogen (secondary N) is 1. The molecule has 3 N–H and O–H groups in total. The Morgan fingerprint density at radius 2 is 2.19 bits per heavy atom. The van der Waals surface area contributed by atoms with Crippen molar-refractivity contribution >= 4 is 5.91 Å². The minimum absolute atomic E-state index is 0.0570. The molecule has 0 aliphatic rings. The van der Waals surface area contributed by atoms with Crippen LogP contribution in [0.4, 0.5) is 0 Å². The summed E-state index contributed by atoms with van der Waals surface area (Å²) >= 11 is 0. The molecule has 1 rings (SSSR count). The lowest BCUT2D eigenvalue weighted by Crippen LogP contribution is -2.26. The Bertz CT molecular complexity index is 326. The maximum Gasteiger partial charge on any atom is 0.291 e. The molecule has 8 heteroatoms. The normalized spacial score (nSPS) is 8.56. The van der Waals surface area contributed by atoms with Crippen molar-refractivity contribution in [1.82, 2.24) is 10.3 Å².